The third-order valence-electron chi connectivity index (χ3n) is 5.01. The van der Waals surface area contributed by atoms with Crippen LogP contribution < -0.4 is 4.74 Å². The molecule has 1 aromatic heterocycles. The fourth-order valence-corrected chi connectivity index (χ4v) is 3.83. The molecule has 1 unspecified atom stereocenters. The van der Waals surface area contributed by atoms with Gasteiger partial charge in [0.25, 0.3) is 5.91 Å². The second kappa shape index (κ2) is 6.39. The Morgan fingerprint density at radius 3 is 2.96 bits per heavy atom. The molecular formula is C20H23N3O2. The van der Waals surface area contributed by atoms with Gasteiger partial charge in [-0.25, -0.2) is 4.98 Å². The lowest BCUT2D eigenvalue weighted by molar-refractivity contribution is -0.128. The predicted molar refractivity (Wildman–Crippen MR) is 96.4 cm³/mol. The predicted octanol–water partition coefficient (Wildman–Crippen LogP) is 2.91. The summed E-state index contributed by atoms with van der Waals surface area (Å²) < 4.78 is 7.84. The van der Waals surface area contributed by atoms with Crippen LogP contribution in [-0.4, -0.2) is 40.1 Å². The van der Waals surface area contributed by atoms with Crippen LogP contribution in [0.1, 0.15) is 35.8 Å². The molecule has 2 aromatic rings. The number of imidazole rings is 1. The number of hydrogen-bond donors (Lipinski definition) is 0. The third-order valence-corrected chi connectivity index (χ3v) is 5.01. The van der Waals surface area contributed by atoms with Gasteiger partial charge in [0.2, 0.25) is 0 Å². The first-order valence-corrected chi connectivity index (χ1v) is 8.83. The van der Waals surface area contributed by atoms with E-state index in [1.54, 1.807) is 0 Å². The van der Waals surface area contributed by atoms with Crippen LogP contribution in [0.4, 0.5) is 0 Å². The summed E-state index contributed by atoms with van der Waals surface area (Å²) in [5.41, 5.74) is 2.74. The Kier molecular flexibility index (Phi) is 4.07. The molecule has 5 heteroatoms. The second-order valence-corrected chi connectivity index (χ2v) is 6.94. The van der Waals surface area contributed by atoms with Crippen molar-refractivity contribution in [3.05, 3.63) is 53.1 Å². The SMILES string of the molecule is Cc1cn(C)c(C2CCCN(C(=O)C3=Cc4ccccc4OC3)C2)n1. The second-order valence-electron chi connectivity index (χ2n) is 6.94. The molecule has 1 fully saturated rings. The lowest BCUT2D eigenvalue weighted by atomic mass is 9.96. The quantitative estimate of drug-likeness (QED) is 0.846. The lowest BCUT2D eigenvalue weighted by Gasteiger charge is -2.33. The number of amides is 1. The van der Waals surface area contributed by atoms with Crippen LogP contribution in [0.15, 0.2) is 36.0 Å². The number of nitrogens with zero attached hydrogens (tertiary/aromatic N) is 3. The number of benzene rings is 1. The molecule has 4 rings (SSSR count). The molecule has 5 nitrogen and oxygen atoms in total. The van der Waals surface area contributed by atoms with Gasteiger partial charge in [-0.1, -0.05) is 18.2 Å². The van der Waals surface area contributed by atoms with Crippen molar-refractivity contribution >= 4 is 12.0 Å². The standard InChI is InChI=1S/C20H23N3O2/c1-14-11-22(2)19(21-14)16-7-5-9-23(12-16)20(24)17-10-15-6-3-4-8-18(15)25-13-17/h3-4,6,8,10-11,16H,5,7,9,12-13H2,1-2H3. The molecule has 0 N–H and O–H groups in total. The minimum Gasteiger partial charge on any atom is -0.488 e. The van der Waals surface area contributed by atoms with Crippen molar-refractivity contribution in [1.29, 1.82) is 0 Å². The maximum Gasteiger partial charge on any atom is 0.253 e. The Morgan fingerprint density at radius 2 is 2.16 bits per heavy atom. The van der Waals surface area contributed by atoms with Crippen LogP contribution in [0.2, 0.25) is 0 Å². The average Bonchev–Trinajstić information content (AvgIpc) is 2.99. The Morgan fingerprint density at radius 1 is 1.32 bits per heavy atom. The monoisotopic (exact) mass is 337 g/mol. The molecule has 130 valence electrons. The molecule has 1 amide bonds. The first-order chi connectivity index (χ1) is 12.1. The van der Waals surface area contributed by atoms with Crippen LogP contribution in [0.3, 0.4) is 0 Å². The summed E-state index contributed by atoms with van der Waals surface area (Å²) in [6.45, 7) is 3.88. The van der Waals surface area contributed by atoms with Gasteiger partial charge in [0.05, 0.1) is 11.3 Å². The number of rotatable bonds is 2. The summed E-state index contributed by atoms with van der Waals surface area (Å²) in [6, 6.07) is 7.83. The number of fused-ring (bicyclic) bond motifs is 1. The van der Waals surface area contributed by atoms with Gasteiger partial charge < -0.3 is 14.2 Å². The highest BCUT2D eigenvalue weighted by molar-refractivity contribution is 5.99. The highest BCUT2D eigenvalue weighted by Gasteiger charge is 2.29. The van der Waals surface area contributed by atoms with Gasteiger partial charge in [0.1, 0.15) is 18.2 Å². The first-order valence-electron chi connectivity index (χ1n) is 8.83. The Bertz CT molecular complexity index is 837. The lowest BCUT2D eigenvalue weighted by Crippen LogP contribution is -2.41. The van der Waals surface area contributed by atoms with E-state index in [2.05, 4.69) is 9.55 Å². The Balaban J connectivity index is 1.53. The number of para-hydroxylation sites is 1. The van der Waals surface area contributed by atoms with Crippen molar-refractivity contribution in [1.82, 2.24) is 14.5 Å². The number of piperidine rings is 1. The molecule has 25 heavy (non-hydrogen) atoms. The van der Waals surface area contributed by atoms with Crippen molar-refractivity contribution in [2.45, 2.75) is 25.7 Å². The van der Waals surface area contributed by atoms with E-state index in [1.807, 2.05) is 55.4 Å². The fourth-order valence-electron chi connectivity index (χ4n) is 3.83. The Hall–Kier alpha value is -2.56. The van der Waals surface area contributed by atoms with E-state index in [0.29, 0.717) is 12.5 Å². The highest BCUT2D eigenvalue weighted by Crippen LogP contribution is 2.30. The van der Waals surface area contributed by atoms with E-state index in [0.717, 1.165) is 54.3 Å². The minimum absolute atomic E-state index is 0.0881. The van der Waals surface area contributed by atoms with Crippen molar-refractivity contribution in [2.24, 2.45) is 7.05 Å². The minimum atomic E-state index is 0.0881. The van der Waals surface area contributed by atoms with E-state index >= 15 is 0 Å². The van der Waals surface area contributed by atoms with Gasteiger partial charge in [-0.15, -0.1) is 0 Å². The number of aromatic nitrogens is 2. The van der Waals surface area contributed by atoms with E-state index in [1.165, 1.54) is 0 Å². The van der Waals surface area contributed by atoms with Crippen LogP contribution >= 0.6 is 0 Å². The van der Waals surface area contributed by atoms with Crippen molar-refractivity contribution < 1.29 is 9.53 Å². The zero-order chi connectivity index (χ0) is 17.4. The number of ether oxygens (including phenoxy) is 1. The van der Waals surface area contributed by atoms with E-state index in [9.17, 15) is 4.79 Å². The largest absolute Gasteiger partial charge is 0.488 e. The molecule has 0 radical (unpaired) electrons. The maximum atomic E-state index is 13.0. The average molecular weight is 337 g/mol. The zero-order valence-corrected chi connectivity index (χ0v) is 14.7. The summed E-state index contributed by atoms with van der Waals surface area (Å²) in [4.78, 5) is 19.6. The highest BCUT2D eigenvalue weighted by atomic mass is 16.5. The fraction of sp³-hybridized carbons (Fsp3) is 0.400. The van der Waals surface area contributed by atoms with Gasteiger partial charge in [-0.05, 0) is 31.9 Å². The van der Waals surface area contributed by atoms with Crippen molar-refractivity contribution in [3.63, 3.8) is 0 Å². The molecule has 0 aliphatic carbocycles. The van der Waals surface area contributed by atoms with Crippen LogP contribution in [0.5, 0.6) is 5.75 Å². The summed E-state index contributed by atoms with van der Waals surface area (Å²) >= 11 is 0. The number of likely N-dealkylation sites (tertiary alicyclic amines) is 1. The van der Waals surface area contributed by atoms with Crippen LogP contribution in [0, 0.1) is 6.92 Å². The normalized spacial score (nSPS) is 19.8. The number of aryl methyl sites for hydroxylation is 2. The molecule has 3 heterocycles. The van der Waals surface area contributed by atoms with Gasteiger partial charge in [0.15, 0.2) is 0 Å². The summed E-state index contributed by atoms with van der Waals surface area (Å²) in [7, 11) is 2.03. The van der Waals surface area contributed by atoms with E-state index in [4.69, 9.17) is 4.74 Å². The van der Waals surface area contributed by atoms with Crippen LogP contribution in [-0.2, 0) is 11.8 Å². The van der Waals surface area contributed by atoms with Gasteiger partial charge >= 0.3 is 0 Å². The zero-order valence-electron chi connectivity index (χ0n) is 14.7. The van der Waals surface area contributed by atoms with E-state index in [-0.39, 0.29) is 5.91 Å². The third kappa shape index (κ3) is 3.06. The van der Waals surface area contributed by atoms with Gasteiger partial charge in [0, 0.05) is 37.8 Å². The van der Waals surface area contributed by atoms with Crippen molar-refractivity contribution in [2.75, 3.05) is 19.7 Å². The molecule has 2 aliphatic heterocycles. The molecule has 0 spiro atoms. The number of carbonyl (C=O) groups excluding carboxylic acids is 1. The molecule has 2 aliphatic rings. The maximum absolute atomic E-state index is 13.0. The molecule has 1 atom stereocenters. The molecule has 1 saturated heterocycles. The van der Waals surface area contributed by atoms with Crippen LogP contribution in [0.25, 0.3) is 6.08 Å². The topological polar surface area (TPSA) is 47.4 Å². The van der Waals surface area contributed by atoms with Crippen molar-refractivity contribution in [3.8, 4) is 5.75 Å². The van der Waals surface area contributed by atoms with Gasteiger partial charge in [-0.2, -0.15) is 0 Å². The summed E-state index contributed by atoms with van der Waals surface area (Å²) in [6.07, 6.45) is 6.10. The molecule has 1 aromatic carbocycles. The Labute approximate surface area is 147 Å². The molecular weight excluding hydrogens is 314 g/mol. The number of carbonyl (C=O) groups is 1. The van der Waals surface area contributed by atoms with E-state index < -0.39 is 0 Å². The van der Waals surface area contributed by atoms with Gasteiger partial charge in [-0.3, -0.25) is 4.79 Å². The summed E-state index contributed by atoms with van der Waals surface area (Å²) in [5.74, 6) is 2.31. The first kappa shape index (κ1) is 15.9. The molecule has 0 saturated carbocycles. The number of hydrogen-bond acceptors (Lipinski definition) is 3. The summed E-state index contributed by atoms with van der Waals surface area (Å²) in [5, 5.41) is 0. The smallest absolute Gasteiger partial charge is 0.253 e. The molecule has 0 bridgehead atoms.